The van der Waals surface area contributed by atoms with Crippen LogP contribution in [0.15, 0.2) is 22.7 Å². The maximum absolute atomic E-state index is 13.7. The Morgan fingerprint density at radius 3 is 2.80 bits per heavy atom. The van der Waals surface area contributed by atoms with E-state index in [1.165, 1.54) is 25.2 Å². The molecule has 1 aliphatic heterocycles. The van der Waals surface area contributed by atoms with Gasteiger partial charge in [-0.05, 0) is 24.6 Å². The highest BCUT2D eigenvalue weighted by atomic mass is 79.9. The molecular weight excluding hydrogens is 331 g/mol. The maximum Gasteiger partial charge on any atom is 0.254 e. The van der Waals surface area contributed by atoms with Crippen LogP contribution in [0.5, 0.6) is 0 Å². The lowest BCUT2D eigenvalue weighted by molar-refractivity contribution is -0.147. The smallest absolute Gasteiger partial charge is 0.254 e. The molecule has 1 atom stereocenters. The first-order chi connectivity index (χ1) is 9.40. The van der Waals surface area contributed by atoms with E-state index in [0.29, 0.717) is 4.47 Å². The number of nitrogens with one attached hydrogen (secondary N) is 1. The second-order valence-corrected chi connectivity index (χ2v) is 5.40. The van der Waals surface area contributed by atoms with Crippen LogP contribution in [0.3, 0.4) is 0 Å². The van der Waals surface area contributed by atoms with Crippen LogP contribution in [0, 0.1) is 5.82 Å². The van der Waals surface area contributed by atoms with Crippen molar-refractivity contribution in [3.63, 3.8) is 0 Å². The van der Waals surface area contributed by atoms with E-state index < -0.39 is 23.7 Å². The van der Waals surface area contributed by atoms with Crippen LogP contribution >= 0.6 is 15.9 Å². The Balaban J connectivity index is 2.12. The summed E-state index contributed by atoms with van der Waals surface area (Å²) in [7, 11) is 1.36. The Hall–Kier alpha value is -1.76. The molecule has 0 aromatic heterocycles. The van der Waals surface area contributed by atoms with Gasteiger partial charge >= 0.3 is 0 Å². The molecule has 1 aromatic carbocycles. The van der Waals surface area contributed by atoms with Crippen molar-refractivity contribution in [3.05, 3.63) is 34.1 Å². The molecule has 1 unspecified atom stereocenters. The van der Waals surface area contributed by atoms with Crippen LogP contribution in [0.4, 0.5) is 4.39 Å². The number of likely N-dealkylation sites (tertiary alicyclic amines) is 1. The second-order valence-electron chi connectivity index (χ2n) is 4.48. The van der Waals surface area contributed by atoms with Gasteiger partial charge in [-0.3, -0.25) is 19.3 Å². The monoisotopic (exact) mass is 342 g/mol. The molecule has 1 saturated heterocycles. The van der Waals surface area contributed by atoms with Crippen LogP contribution < -0.4 is 5.32 Å². The molecule has 0 aliphatic carbocycles. The van der Waals surface area contributed by atoms with Gasteiger partial charge in [-0.2, -0.15) is 0 Å². The van der Waals surface area contributed by atoms with Crippen molar-refractivity contribution in [1.29, 1.82) is 0 Å². The highest BCUT2D eigenvalue weighted by molar-refractivity contribution is 9.10. The van der Waals surface area contributed by atoms with Crippen LogP contribution in [0.2, 0.25) is 0 Å². The Morgan fingerprint density at radius 2 is 2.15 bits per heavy atom. The molecule has 1 aromatic rings. The minimum Gasteiger partial charge on any atom is -0.340 e. The van der Waals surface area contributed by atoms with Gasteiger partial charge in [-0.1, -0.05) is 15.9 Å². The highest BCUT2D eigenvalue weighted by Gasteiger charge is 2.33. The zero-order valence-electron chi connectivity index (χ0n) is 10.7. The van der Waals surface area contributed by atoms with Gasteiger partial charge in [0.05, 0.1) is 5.56 Å². The quantitative estimate of drug-likeness (QED) is 0.827. The van der Waals surface area contributed by atoms with Gasteiger partial charge in [0.2, 0.25) is 5.91 Å². The van der Waals surface area contributed by atoms with Gasteiger partial charge in [-0.25, -0.2) is 4.39 Å². The molecule has 2 rings (SSSR count). The highest BCUT2D eigenvalue weighted by Crippen LogP contribution is 2.17. The molecule has 20 heavy (non-hydrogen) atoms. The lowest BCUT2D eigenvalue weighted by Gasteiger charge is -2.28. The summed E-state index contributed by atoms with van der Waals surface area (Å²) in [5.74, 6) is -2.11. The molecule has 0 saturated carbocycles. The molecule has 1 fully saturated rings. The average Bonchev–Trinajstić information content (AvgIpc) is 2.39. The lowest BCUT2D eigenvalue weighted by Crippen LogP contribution is -2.53. The fourth-order valence-electron chi connectivity index (χ4n) is 1.96. The number of carbonyl (C=O) groups excluding carboxylic acids is 3. The molecule has 5 nitrogen and oxygen atoms in total. The van der Waals surface area contributed by atoms with Crippen molar-refractivity contribution in [2.75, 3.05) is 7.05 Å². The summed E-state index contributed by atoms with van der Waals surface area (Å²) in [6, 6.07) is 3.24. The average molecular weight is 343 g/mol. The molecule has 1 aliphatic rings. The Morgan fingerprint density at radius 1 is 1.45 bits per heavy atom. The normalized spacial score (nSPS) is 19.1. The van der Waals surface area contributed by atoms with Gasteiger partial charge in [0.15, 0.2) is 0 Å². The predicted molar refractivity (Wildman–Crippen MR) is 72.4 cm³/mol. The molecule has 0 spiro atoms. The fraction of sp³-hybridized carbons (Fsp3) is 0.308. The van der Waals surface area contributed by atoms with Gasteiger partial charge < -0.3 is 5.32 Å². The van der Waals surface area contributed by atoms with Gasteiger partial charge in [0.1, 0.15) is 11.9 Å². The number of hydrogen-bond acceptors (Lipinski definition) is 3. The first kappa shape index (κ1) is 14.6. The van der Waals surface area contributed by atoms with Crippen molar-refractivity contribution in [2.24, 2.45) is 0 Å². The number of piperidine rings is 1. The van der Waals surface area contributed by atoms with Crippen molar-refractivity contribution < 1.29 is 18.8 Å². The number of amides is 3. The van der Waals surface area contributed by atoms with Crippen molar-refractivity contribution in [3.8, 4) is 0 Å². The first-order valence-corrected chi connectivity index (χ1v) is 6.75. The van der Waals surface area contributed by atoms with Gasteiger partial charge in [0.25, 0.3) is 11.8 Å². The summed E-state index contributed by atoms with van der Waals surface area (Å²) in [6.07, 6.45) is 0.405. The zero-order chi connectivity index (χ0) is 14.9. The third kappa shape index (κ3) is 2.87. The number of halogens is 2. The summed E-state index contributed by atoms with van der Waals surface area (Å²) in [5.41, 5.74) is -0.138. The predicted octanol–water partition coefficient (Wildman–Crippen LogP) is 1.47. The molecular formula is C13H12BrFN2O3. The van der Waals surface area contributed by atoms with Crippen molar-refractivity contribution >= 4 is 33.7 Å². The molecule has 0 bridgehead atoms. The van der Waals surface area contributed by atoms with Gasteiger partial charge in [-0.15, -0.1) is 0 Å². The summed E-state index contributed by atoms with van der Waals surface area (Å²) in [6.45, 7) is 0. The fourth-order valence-corrected chi connectivity index (χ4v) is 2.29. The van der Waals surface area contributed by atoms with Crippen molar-refractivity contribution in [2.45, 2.75) is 18.9 Å². The second kappa shape index (κ2) is 5.70. The van der Waals surface area contributed by atoms with E-state index in [4.69, 9.17) is 0 Å². The van der Waals surface area contributed by atoms with E-state index in [-0.39, 0.29) is 24.3 Å². The third-order valence-electron chi connectivity index (χ3n) is 3.13. The Kier molecular flexibility index (Phi) is 4.17. The number of nitrogens with zero attached hydrogens (tertiary/aromatic N) is 1. The number of imide groups is 1. The molecule has 0 radical (unpaired) electrons. The van der Waals surface area contributed by atoms with Crippen molar-refractivity contribution in [1.82, 2.24) is 10.2 Å². The number of hydrogen-bond donors (Lipinski definition) is 1. The number of carbonyl (C=O) groups is 3. The molecule has 3 amide bonds. The topological polar surface area (TPSA) is 66.5 Å². The minimum absolute atomic E-state index is 0.138. The van der Waals surface area contributed by atoms with E-state index >= 15 is 0 Å². The standard InChI is InChI=1S/C13H12BrFN2O3/c1-17-11(18)5-4-10(13(17)20)16-12(19)8-3-2-7(14)6-9(8)15/h2-3,6,10H,4-5H2,1H3,(H,16,19). The number of likely N-dealkylation sites (N-methyl/N-ethyl adjacent to an activating group) is 1. The minimum atomic E-state index is -0.798. The van der Waals surface area contributed by atoms with E-state index in [2.05, 4.69) is 21.2 Å². The van der Waals surface area contributed by atoms with Gasteiger partial charge in [0, 0.05) is 17.9 Å². The Bertz CT molecular complexity index is 591. The number of rotatable bonds is 2. The van der Waals surface area contributed by atoms with E-state index in [1.807, 2.05) is 0 Å². The lowest BCUT2D eigenvalue weighted by atomic mass is 10.0. The molecule has 1 heterocycles. The van der Waals surface area contributed by atoms with Crippen LogP contribution in [-0.2, 0) is 9.59 Å². The molecule has 7 heteroatoms. The summed E-state index contributed by atoms with van der Waals surface area (Å²) in [4.78, 5) is 36.1. The summed E-state index contributed by atoms with van der Waals surface area (Å²) < 4.78 is 14.2. The molecule has 1 N–H and O–H groups in total. The zero-order valence-corrected chi connectivity index (χ0v) is 12.2. The first-order valence-electron chi connectivity index (χ1n) is 5.96. The van der Waals surface area contributed by atoms with E-state index in [9.17, 15) is 18.8 Å². The third-order valence-corrected chi connectivity index (χ3v) is 3.62. The van der Waals surface area contributed by atoms with Crippen LogP contribution in [0.1, 0.15) is 23.2 Å². The summed E-state index contributed by atoms with van der Waals surface area (Å²) >= 11 is 3.10. The number of benzene rings is 1. The van der Waals surface area contributed by atoms with E-state index in [0.717, 1.165) is 4.90 Å². The largest absolute Gasteiger partial charge is 0.340 e. The summed E-state index contributed by atoms with van der Waals surface area (Å²) in [5, 5.41) is 2.46. The van der Waals surface area contributed by atoms with Crippen LogP contribution in [-0.4, -0.2) is 35.7 Å². The SMILES string of the molecule is CN1C(=O)CCC(NC(=O)c2ccc(Br)cc2F)C1=O. The van der Waals surface area contributed by atoms with E-state index in [1.54, 1.807) is 0 Å². The molecule has 106 valence electrons. The van der Waals surface area contributed by atoms with Crippen LogP contribution in [0.25, 0.3) is 0 Å². The Labute approximate surface area is 123 Å². The maximum atomic E-state index is 13.7.